The number of hydrogen-bond acceptors (Lipinski definition) is 8. The molecular formula is C12H20BN4O6P. The number of ether oxygens (including phenoxy) is 1. The average Bonchev–Trinajstić information content (AvgIpc) is 2.84. The topological polar surface area (TPSA) is 139 Å². The van der Waals surface area contributed by atoms with E-state index in [9.17, 15) is 9.90 Å². The monoisotopic (exact) mass is 358 g/mol. The van der Waals surface area contributed by atoms with Gasteiger partial charge >= 0.3 is 140 Å². The van der Waals surface area contributed by atoms with Gasteiger partial charge in [0.1, 0.15) is 0 Å². The van der Waals surface area contributed by atoms with Crippen LogP contribution < -0.4 is 11.1 Å². The Balaban J connectivity index is 1.67. The second-order valence-corrected chi connectivity index (χ2v) is 8.33. The molecule has 12 heteroatoms. The Labute approximate surface area is 140 Å². The molecular weight excluding hydrogens is 338 g/mol. The Hall–Kier alpha value is -1.25. The molecule has 4 N–H and O–H groups in total. The summed E-state index contributed by atoms with van der Waals surface area (Å²) in [5, 5.41) is 21.7. The number of carbonyl (C=O) groups excluding carboxylic acids is 1. The van der Waals surface area contributed by atoms with Crippen LogP contribution in [0.15, 0.2) is 12.3 Å². The van der Waals surface area contributed by atoms with Gasteiger partial charge in [0.2, 0.25) is 0 Å². The molecule has 0 radical (unpaired) electrons. The average molecular weight is 358 g/mol. The van der Waals surface area contributed by atoms with Crippen LogP contribution in [0.1, 0.15) is 6.42 Å². The van der Waals surface area contributed by atoms with Crippen molar-refractivity contribution in [2.24, 2.45) is 5.73 Å². The molecule has 2 fully saturated rings. The fourth-order valence-electron chi connectivity index (χ4n) is 2.82. The van der Waals surface area contributed by atoms with E-state index in [1.54, 1.807) is 13.6 Å². The number of urea groups is 1. The van der Waals surface area contributed by atoms with E-state index in [1.165, 1.54) is 11.1 Å². The van der Waals surface area contributed by atoms with Gasteiger partial charge in [0.15, 0.2) is 0 Å². The van der Waals surface area contributed by atoms with Crippen LogP contribution >= 0.6 is 7.82 Å². The van der Waals surface area contributed by atoms with Gasteiger partial charge in [-0.05, 0) is 0 Å². The van der Waals surface area contributed by atoms with Crippen molar-refractivity contribution in [2.45, 2.75) is 37.1 Å². The zero-order chi connectivity index (χ0) is 17.3. The number of aliphatic hydroxyl groups excluding tert-OH is 1. The third-order valence-corrected chi connectivity index (χ3v) is 6.12. The van der Waals surface area contributed by atoms with Crippen molar-refractivity contribution in [3.8, 4) is 6.07 Å². The number of aliphatic hydroxyl groups is 1. The molecule has 0 aromatic carbocycles. The van der Waals surface area contributed by atoms with Crippen LogP contribution in [0.4, 0.5) is 4.79 Å². The minimum atomic E-state index is -2.96. The number of nitrogens with zero attached hydrogens (tertiary/aromatic N) is 2. The Kier molecular flexibility index (Phi) is 5.08. The molecule has 0 bridgehead atoms. The van der Waals surface area contributed by atoms with Crippen molar-refractivity contribution in [3.63, 3.8) is 0 Å². The summed E-state index contributed by atoms with van der Waals surface area (Å²) in [6.45, 7) is 0.387. The van der Waals surface area contributed by atoms with Gasteiger partial charge in [-0.25, -0.2) is 0 Å². The third kappa shape index (κ3) is 3.41. The van der Waals surface area contributed by atoms with E-state index < -0.39 is 44.6 Å². The first kappa shape index (κ1) is 17.6. The molecule has 0 aromatic heterocycles. The fraction of sp³-hybridized carbons (Fsp3) is 0.667. The molecule has 3 aliphatic rings. The molecule has 10 nitrogen and oxygen atoms in total. The quantitative estimate of drug-likeness (QED) is 0.307. The standard InChI is InChI=1S/C12H20BN4O6P/c13-24(20-5-1-3-14)21-6-7-10(23-24)9(18)11(22-7)17-4-2-8(15)16-12(17)19/h2,4,7-11,18,24H,1,5-6,13,15H2,(H,16,19)/t7?,8?,9?,10-,11?/m1/s1. The van der Waals surface area contributed by atoms with E-state index in [0.29, 0.717) is 0 Å². The van der Waals surface area contributed by atoms with Gasteiger partial charge in [-0.15, -0.1) is 0 Å². The maximum absolute atomic E-state index is 12.0. The Morgan fingerprint density at radius 2 is 2.46 bits per heavy atom. The van der Waals surface area contributed by atoms with Crippen molar-refractivity contribution in [3.05, 3.63) is 12.3 Å². The van der Waals surface area contributed by atoms with Crippen LogP contribution in [0.3, 0.4) is 0 Å². The number of nitrogens with one attached hydrogen (secondary N) is 1. The molecule has 3 rings (SSSR count). The Morgan fingerprint density at radius 1 is 1.67 bits per heavy atom. The summed E-state index contributed by atoms with van der Waals surface area (Å²) >= 11 is 0. The molecule has 3 heterocycles. The number of nitrogens with two attached hydrogens (primary N) is 1. The number of nitriles is 1. The van der Waals surface area contributed by atoms with Gasteiger partial charge in [-0.1, -0.05) is 0 Å². The van der Waals surface area contributed by atoms with Crippen LogP contribution in [0.25, 0.3) is 0 Å². The molecule has 0 aromatic rings. The predicted molar refractivity (Wildman–Crippen MR) is 86.0 cm³/mol. The van der Waals surface area contributed by atoms with Gasteiger partial charge in [-0.2, -0.15) is 0 Å². The van der Waals surface area contributed by atoms with E-state index in [-0.39, 0.29) is 19.6 Å². The second-order valence-electron chi connectivity index (χ2n) is 5.79. The number of amides is 2. The normalized spacial score (nSPS) is 39.0. The molecule has 132 valence electrons. The van der Waals surface area contributed by atoms with Crippen LogP contribution in [-0.4, -0.2) is 67.5 Å². The van der Waals surface area contributed by atoms with Crippen molar-refractivity contribution in [1.29, 1.82) is 5.26 Å². The predicted octanol–water partition coefficient (Wildman–Crippen LogP) is -1.72. The van der Waals surface area contributed by atoms with Crippen molar-refractivity contribution >= 4 is 21.4 Å². The van der Waals surface area contributed by atoms with E-state index >= 15 is 0 Å². The van der Waals surface area contributed by atoms with Gasteiger partial charge < -0.3 is 0 Å². The first-order valence-corrected chi connectivity index (χ1v) is 9.85. The summed E-state index contributed by atoms with van der Waals surface area (Å²) in [7, 11) is -1.26. The molecule has 4 unspecified atom stereocenters. The summed E-state index contributed by atoms with van der Waals surface area (Å²) in [6.07, 6.45) is -0.419. The minimum absolute atomic E-state index is 0.187. The van der Waals surface area contributed by atoms with Crippen LogP contribution in [0, 0.1) is 11.3 Å². The van der Waals surface area contributed by atoms with Crippen LogP contribution in [0.2, 0.25) is 0 Å². The number of carbonyl (C=O) groups is 1. The molecule has 2 amide bonds. The number of hydrogen-bond donors (Lipinski definition) is 3. The molecule has 24 heavy (non-hydrogen) atoms. The van der Waals surface area contributed by atoms with Crippen molar-refractivity contribution < 1.29 is 28.2 Å². The van der Waals surface area contributed by atoms with E-state index in [4.69, 9.17) is 29.3 Å². The molecule has 0 aliphatic carbocycles. The summed E-state index contributed by atoms with van der Waals surface area (Å²) in [4.78, 5) is 13.3. The number of fused-ring (bicyclic) bond motifs is 1. The molecule has 0 saturated carbocycles. The summed E-state index contributed by atoms with van der Waals surface area (Å²) < 4.78 is 22.8. The molecule has 0 spiro atoms. The van der Waals surface area contributed by atoms with Gasteiger partial charge in [0.05, 0.1) is 0 Å². The summed E-state index contributed by atoms with van der Waals surface area (Å²) in [5.41, 5.74) is 5.60. The van der Waals surface area contributed by atoms with E-state index in [0.717, 1.165) is 0 Å². The first-order chi connectivity index (χ1) is 11.4. The zero-order valence-corrected chi connectivity index (χ0v) is 14.1. The Bertz CT molecular complexity index is 576. The van der Waals surface area contributed by atoms with E-state index in [1.807, 2.05) is 6.07 Å². The molecule has 2 saturated heterocycles. The fourth-order valence-corrected chi connectivity index (χ4v) is 4.77. The van der Waals surface area contributed by atoms with E-state index in [2.05, 4.69) is 5.32 Å². The maximum atomic E-state index is 12.0. The third-order valence-electron chi connectivity index (χ3n) is 4.00. The zero-order valence-electron chi connectivity index (χ0n) is 13.1. The van der Waals surface area contributed by atoms with Crippen LogP contribution in [-0.2, 0) is 18.3 Å². The first-order valence-electron chi connectivity index (χ1n) is 7.62. The number of rotatable bonds is 4. The van der Waals surface area contributed by atoms with Gasteiger partial charge in [0, 0.05) is 0 Å². The van der Waals surface area contributed by atoms with Gasteiger partial charge in [-0.3, -0.25) is 0 Å². The van der Waals surface area contributed by atoms with Crippen molar-refractivity contribution in [1.82, 2.24) is 10.2 Å². The van der Waals surface area contributed by atoms with Crippen molar-refractivity contribution in [2.75, 3.05) is 13.2 Å². The molecule has 5 atom stereocenters. The van der Waals surface area contributed by atoms with Crippen LogP contribution in [0.5, 0.6) is 0 Å². The Morgan fingerprint density at radius 3 is 3.17 bits per heavy atom. The molecule has 3 aliphatic heterocycles. The van der Waals surface area contributed by atoms with Gasteiger partial charge in [0.25, 0.3) is 0 Å². The summed E-state index contributed by atoms with van der Waals surface area (Å²) in [5.74, 6) is 0. The second kappa shape index (κ2) is 6.94. The summed E-state index contributed by atoms with van der Waals surface area (Å²) in [6, 6.07) is 1.52. The SMILES string of the molecule is B[PH]1(OCCC#N)OCC2OC(N3C=CC(N)NC3=O)C(O)[C@@H]2O1.